The van der Waals surface area contributed by atoms with E-state index in [-0.39, 0.29) is 35.7 Å². The van der Waals surface area contributed by atoms with Gasteiger partial charge in [0.15, 0.2) is 5.96 Å². The predicted octanol–water partition coefficient (Wildman–Crippen LogP) is 2.63. The number of aliphatic imine (C=N–C) groups is 1. The average molecular weight is 485 g/mol. The molecule has 0 saturated heterocycles. The quantitative estimate of drug-likeness (QED) is 0.244. The number of nitrogens with zero attached hydrogens (tertiary/aromatic N) is 2. The van der Waals surface area contributed by atoms with Gasteiger partial charge in [-0.15, -0.1) is 24.0 Å². The summed E-state index contributed by atoms with van der Waals surface area (Å²) in [7, 11) is 0. The Morgan fingerprint density at radius 1 is 1.19 bits per heavy atom. The molecule has 6 nitrogen and oxygen atoms in total. The maximum atomic E-state index is 13.6. The molecule has 0 aliphatic carbocycles. The molecule has 3 N–H and O–H groups in total. The van der Waals surface area contributed by atoms with Crippen molar-refractivity contribution in [3.05, 3.63) is 65.2 Å². The number of pyridine rings is 1. The van der Waals surface area contributed by atoms with Crippen molar-refractivity contribution in [1.82, 2.24) is 20.9 Å². The van der Waals surface area contributed by atoms with Gasteiger partial charge in [0.25, 0.3) is 5.91 Å². The summed E-state index contributed by atoms with van der Waals surface area (Å²) in [6.45, 7) is 5.73. The van der Waals surface area contributed by atoms with Gasteiger partial charge in [-0.1, -0.05) is 12.1 Å². The van der Waals surface area contributed by atoms with E-state index in [9.17, 15) is 9.18 Å². The van der Waals surface area contributed by atoms with Crippen LogP contribution < -0.4 is 16.0 Å². The summed E-state index contributed by atoms with van der Waals surface area (Å²) in [6.07, 6.45) is 3.15. The molecule has 146 valence electrons. The maximum absolute atomic E-state index is 13.6. The molecular formula is C19H25FIN5O. The van der Waals surface area contributed by atoms with Crippen LogP contribution in [0.2, 0.25) is 0 Å². The van der Waals surface area contributed by atoms with Crippen LogP contribution in [-0.2, 0) is 6.54 Å². The number of rotatable bonds is 7. The Morgan fingerprint density at radius 3 is 2.63 bits per heavy atom. The van der Waals surface area contributed by atoms with Gasteiger partial charge in [0.2, 0.25) is 0 Å². The highest BCUT2D eigenvalue weighted by molar-refractivity contribution is 14.0. The van der Waals surface area contributed by atoms with Crippen molar-refractivity contribution in [2.75, 3.05) is 19.6 Å². The van der Waals surface area contributed by atoms with Gasteiger partial charge in [-0.3, -0.25) is 9.78 Å². The van der Waals surface area contributed by atoms with Crippen molar-refractivity contribution in [1.29, 1.82) is 0 Å². The Hall–Kier alpha value is -2.23. The Labute approximate surface area is 176 Å². The lowest BCUT2D eigenvalue weighted by molar-refractivity contribution is 0.0954. The van der Waals surface area contributed by atoms with E-state index in [0.29, 0.717) is 43.3 Å². The van der Waals surface area contributed by atoms with Crippen LogP contribution in [0.3, 0.4) is 0 Å². The van der Waals surface area contributed by atoms with Crippen LogP contribution in [-0.4, -0.2) is 36.5 Å². The van der Waals surface area contributed by atoms with Gasteiger partial charge in [0.1, 0.15) is 5.82 Å². The van der Waals surface area contributed by atoms with Gasteiger partial charge in [-0.05, 0) is 43.2 Å². The largest absolute Gasteiger partial charge is 0.357 e. The fraction of sp³-hybridized carbons (Fsp3) is 0.316. The first-order valence-corrected chi connectivity index (χ1v) is 8.55. The van der Waals surface area contributed by atoms with Gasteiger partial charge in [0.05, 0.1) is 12.1 Å². The molecule has 2 rings (SSSR count). The predicted molar refractivity (Wildman–Crippen MR) is 116 cm³/mol. The van der Waals surface area contributed by atoms with Gasteiger partial charge in [-0.25, -0.2) is 9.38 Å². The van der Waals surface area contributed by atoms with E-state index in [1.165, 1.54) is 12.3 Å². The normalized spacial score (nSPS) is 10.7. The molecule has 0 aliphatic rings. The number of nitrogens with one attached hydrogen (secondary N) is 3. The zero-order valence-corrected chi connectivity index (χ0v) is 17.8. The molecule has 0 fully saturated rings. The second-order valence-corrected chi connectivity index (χ2v) is 5.70. The number of guanidine groups is 1. The second-order valence-electron chi connectivity index (χ2n) is 5.70. The third kappa shape index (κ3) is 7.90. The van der Waals surface area contributed by atoms with E-state index in [4.69, 9.17) is 0 Å². The minimum atomic E-state index is -0.228. The number of aromatic nitrogens is 1. The van der Waals surface area contributed by atoms with Gasteiger partial charge >= 0.3 is 0 Å². The van der Waals surface area contributed by atoms with E-state index in [1.54, 1.807) is 31.3 Å². The summed E-state index contributed by atoms with van der Waals surface area (Å²) in [5.41, 5.74) is 1.94. The summed E-state index contributed by atoms with van der Waals surface area (Å²) in [4.78, 5) is 20.3. The molecule has 1 heterocycles. The lowest BCUT2D eigenvalue weighted by Crippen LogP contribution is -2.41. The van der Waals surface area contributed by atoms with E-state index in [1.807, 2.05) is 13.0 Å². The third-order valence-corrected chi connectivity index (χ3v) is 3.63. The van der Waals surface area contributed by atoms with Crippen molar-refractivity contribution < 1.29 is 9.18 Å². The zero-order valence-electron chi connectivity index (χ0n) is 15.5. The van der Waals surface area contributed by atoms with Crippen molar-refractivity contribution in [3.63, 3.8) is 0 Å². The Bertz CT molecular complexity index is 755. The van der Waals surface area contributed by atoms with Crippen LogP contribution in [0.1, 0.15) is 28.4 Å². The molecule has 2 aromatic rings. The monoisotopic (exact) mass is 485 g/mol. The summed E-state index contributed by atoms with van der Waals surface area (Å²) < 4.78 is 13.6. The fourth-order valence-corrected chi connectivity index (χ4v) is 2.20. The summed E-state index contributed by atoms with van der Waals surface area (Å²) in [6, 6.07) is 8.53. The fourth-order valence-electron chi connectivity index (χ4n) is 2.20. The average Bonchev–Trinajstić information content (AvgIpc) is 2.66. The van der Waals surface area contributed by atoms with Crippen LogP contribution in [0.5, 0.6) is 0 Å². The topological polar surface area (TPSA) is 78.4 Å². The molecule has 0 bridgehead atoms. The number of hydrogen-bond donors (Lipinski definition) is 3. The number of hydrogen-bond acceptors (Lipinski definition) is 3. The van der Waals surface area contributed by atoms with Crippen LogP contribution in [0.4, 0.5) is 4.39 Å². The standard InChI is InChI=1S/C19H24FN5O.HI/c1-3-22-19(25-12-15-7-6-14(2)17(20)11-15)24-10-9-23-18(26)16-5-4-8-21-13-16;/h4-8,11,13H,3,9-10,12H2,1-2H3,(H,23,26)(H2,22,24,25);1H. The summed E-state index contributed by atoms with van der Waals surface area (Å²) >= 11 is 0. The van der Waals surface area contributed by atoms with Crippen molar-refractivity contribution >= 4 is 35.8 Å². The molecule has 1 amide bonds. The molecule has 0 spiro atoms. The van der Waals surface area contributed by atoms with Crippen LogP contribution in [0, 0.1) is 12.7 Å². The lowest BCUT2D eigenvalue weighted by Gasteiger charge is -2.12. The van der Waals surface area contributed by atoms with Gasteiger partial charge < -0.3 is 16.0 Å². The highest BCUT2D eigenvalue weighted by Gasteiger charge is 2.04. The highest BCUT2D eigenvalue weighted by atomic mass is 127. The number of halogens is 2. The van der Waals surface area contributed by atoms with Crippen LogP contribution in [0.15, 0.2) is 47.7 Å². The maximum Gasteiger partial charge on any atom is 0.252 e. The smallest absolute Gasteiger partial charge is 0.252 e. The molecule has 8 heteroatoms. The van der Waals surface area contributed by atoms with E-state index < -0.39 is 0 Å². The lowest BCUT2D eigenvalue weighted by atomic mass is 10.1. The van der Waals surface area contributed by atoms with Crippen molar-refractivity contribution in [3.8, 4) is 0 Å². The third-order valence-electron chi connectivity index (χ3n) is 3.63. The summed E-state index contributed by atoms with van der Waals surface area (Å²) in [5.74, 6) is 0.217. The molecule has 27 heavy (non-hydrogen) atoms. The van der Waals surface area contributed by atoms with Gasteiger partial charge in [-0.2, -0.15) is 0 Å². The molecule has 0 unspecified atom stereocenters. The van der Waals surface area contributed by atoms with Crippen LogP contribution in [0.25, 0.3) is 0 Å². The number of carbonyl (C=O) groups excluding carboxylic acids is 1. The molecule has 0 aliphatic heterocycles. The van der Waals surface area contributed by atoms with E-state index in [0.717, 1.165) is 5.56 Å². The summed E-state index contributed by atoms with van der Waals surface area (Å²) in [5, 5.41) is 9.07. The molecule has 1 aromatic heterocycles. The van der Waals surface area contributed by atoms with Crippen LogP contribution >= 0.6 is 24.0 Å². The first kappa shape index (κ1) is 22.8. The minimum Gasteiger partial charge on any atom is -0.357 e. The molecule has 0 atom stereocenters. The first-order valence-electron chi connectivity index (χ1n) is 8.55. The SMILES string of the molecule is CCNC(=NCc1ccc(C)c(F)c1)NCCNC(=O)c1cccnc1.I. The Balaban J connectivity index is 0.00000364. The highest BCUT2D eigenvalue weighted by Crippen LogP contribution is 2.09. The second kappa shape index (κ2) is 12.2. The first-order chi connectivity index (χ1) is 12.6. The number of carbonyl (C=O) groups is 1. The van der Waals surface area contributed by atoms with E-state index in [2.05, 4.69) is 25.9 Å². The Kier molecular flexibility index (Phi) is 10.3. The number of amides is 1. The van der Waals surface area contributed by atoms with Gasteiger partial charge in [0, 0.05) is 32.0 Å². The Morgan fingerprint density at radius 2 is 1.96 bits per heavy atom. The molecule has 1 aromatic carbocycles. The molecule has 0 saturated carbocycles. The molecule has 0 radical (unpaired) electrons. The number of aryl methyl sites for hydroxylation is 1. The van der Waals surface area contributed by atoms with E-state index >= 15 is 0 Å². The van der Waals surface area contributed by atoms with Crippen molar-refractivity contribution in [2.24, 2.45) is 4.99 Å². The number of benzene rings is 1. The molecular weight excluding hydrogens is 460 g/mol. The zero-order chi connectivity index (χ0) is 18.8. The minimum absolute atomic E-state index is 0. The van der Waals surface area contributed by atoms with Crippen molar-refractivity contribution in [2.45, 2.75) is 20.4 Å².